The van der Waals surface area contributed by atoms with E-state index in [1.54, 1.807) is 42.5 Å². The summed E-state index contributed by atoms with van der Waals surface area (Å²) in [5.74, 6) is 0.0232. The van der Waals surface area contributed by atoms with Crippen molar-refractivity contribution in [3.8, 4) is 11.6 Å². The second-order valence-electron chi connectivity index (χ2n) is 5.42. The topological polar surface area (TPSA) is 80.3 Å². The number of para-hydroxylation sites is 1. The van der Waals surface area contributed by atoms with E-state index in [0.717, 1.165) is 0 Å². The van der Waals surface area contributed by atoms with Gasteiger partial charge >= 0.3 is 6.03 Å². The van der Waals surface area contributed by atoms with Gasteiger partial charge in [0, 0.05) is 6.07 Å². The predicted molar refractivity (Wildman–Crippen MR) is 109 cm³/mol. The highest BCUT2D eigenvalue weighted by Crippen LogP contribution is 2.28. The quantitative estimate of drug-likeness (QED) is 0.542. The molecule has 0 saturated carbocycles. The first-order valence-corrected chi connectivity index (χ1v) is 9.02. The van der Waals surface area contributed by atoms with E-state index in [2.05, 4.69) is 15.6 Å². The minimum Gasteiger partial charge on any atom is -0.437 e. The average molecular weight is 437 g/mol. The van der Waals surface area contributed by atoms with E-state index in [9.17, 15) is 9.59 Å². The van der Waals surface area contributed by atoms with Gasteiger partial charge in [-0.2, -0.15) is 0 Å². The number of urea groups is 1. The molecule has 6 nitrogen and oxygen atoms in total. The maximum absolute atomic E-state index is 12.2. The van der Waals surface area contributed by atoms with Gasteiger partial charge in [-0.15, -0.1) is 0 Å². The van der Waals surface area contributed by atoms with Crippen molar-refractivity contribution in [2.24, 2.45) is 0 Å². The summed E-state index contributed by atoms with van der Waals surface area (Å²) in [6.45, 7) is 0. The van der Waals surface area contributed by atoms with Gasteiger partial charge in [-0.3, -0.25) is 10.1 Å². The number of amides is 3. The zero-order chi connectivity index (χ0) is 20.1. The largest absolute Gasteiger partial charge is 0.437 e. The summed E-state index contributed by atoms with van der Waals surface area (Å²) in [5, 5.41) is 5.36. The Labute approximate surface area is 175 Å². The molecule has 1 heterocycles. The maximum atomic E-state index is 12.2. The number of halogens is 3. The second kappa shape index (κ2) is 8.93. The van der Waals surface area contributed by atoms with Crippen LogP contribution >= 0.6 is 34.8 Å². The molecule has 0 radical (unpaired) electrons. The highest BCUT2D eigenvalue weighted by atomic mass is 35.5. The Morgan fingerprint density at radius 1 is 0.857 bits per heavy atom. The van der Waals surface area contributed by atoms with Gasteiger partial charge in [0.15, 0.2) is 0 Å². The van der Waals surface area contributed by atoms with Crippen LogP contribution in [0.5, 0.6) is 11.6 Å². The van der Waals surface area contributed by atoms with E-state index < -0.39 is 11.9 Å². The van der Waals surface area contributed by atoms with Crippen molar-refractivity contribution in [2.45, 2.75) is 0 Å². The van der Waals surface area contributed by atoms with Crippen molar-refractivity contribution < 1.29 is 14.3 Å². The Morgan fingerprint density at radius 3 is 2.18 bits per heavy atom. The Kier molecular flexibility index (Phi) is 6.36. The Bertz CT molecular complexity index is 1010. The van der Waals surface area contributed by atoms with Crippen LogP contribution in [0.1, 0.15) is 10.4 Å². The number of hydrogen-bond acceptors (Lipinski definition) is 4. The molecule has 3 amide bonds. The number of hydrogen-bond donors (Lipinski definition) is 2. The third-order valence-corrected chi connectivity index (χ3v) is 4.40. The number of rotatable bonds is 4. The average Bonchev–Trinajstić information content (AvgIpc) is 2.65. The molecule has 0 saturated heterocycles. The van der Waals surface area contributed by atoms with Crippen molar-refractivity contribution in [3.05, 3.63) is 81.4 Å². The van der Waals surface area contributed by atoms with E-state index >= 15 is 0 Å². The van der Waals surface area contributed by atoms with E-state index in [4.69, 9.17) is 39.5 Å². The fourth-order valence-electron chi connectivity index (χ4n) is 2.20. The lowest BCUT2D eigenvalue weighted by atomic mass is 10.2. The van der Waals surface area contributed by atoms with Crippen molar-refractivity contribution in [1.82, 2.24) is 10.3 Å². The van der Waals surface area contributed by atoms with Crippen LogP contribution in [0.15, 0.2) is 60.8 Å². The minimum absolute atomic E-state index is 0.0163. The fraction of sp³-hybridized carbons (Fsp3) is 0. The molecule has 0 aliphatic rings. The number of benzene rings is 2. The van der Waals surface area contributed by atoms with Gasteiger partial charge < -0.3 is 10.1 Å². The number of anilines is 1. The van der Waals surface area contributed by atoms with Gasteiger partial charge in [0.25, 0.3) is 5.91 Å². The van der Waals surface area contributed by atoms with Crippen LogP contribution in [0.3, 0.4) is 0 Å². The van der Waals surface area contributed by atoms with Crippen LogP contribution < -0.4 is 15.4 Å². The van der Waals surface area contributed by atoms with Gasteiger partial charge in [0.1, 0.15) is 5.75 Å². The maximum Gasteiger partial charge on any atom is 0.326 e. The smallest absolute Gasteiger partial charge is 0.326 e. The molecular formula is C19H12Cl3N3O3. The van der Waals surface area contributed by atoms with Gasteiger partial charge in [0.05, 0.1) is 32.5 Å². The molecule has 0 fully saturated rings. The van der Waals surface area contributed by atoms with Crippen molar-refractivity contribution in [1.29, 1.82) is 0 Å². The van der Waals surface area contributed by atoms with Gasteiger partial charge in [-0.1, -0.05) is 53.0 Å². The first kappa shape index (κ1) is 19.9. The molecule has 0 atom stereocenters. The standard InChI is InChI=1S/C19H12Cl3N3O3/c20-12-4-1-2-7-15(12)28-16-9-8-11(10-23-16)24-19(27)25-18(26)17-13(21)5-3-6-14(17)22/h1-10H,(H2,24,25,26,27). The second-order valence-corrected chi connectivity index (χ2v) is 6.64. The zero-order valence-corrected chi connectivity index (χ0v) is 16.3. The lowest BCUT2D eigenvalue weighted by Gasteiger charge is -2.10. The normalized spacial score (nSPS) is 10.2. The van der Waals surface area contributed by atoms with Gasteiger partial charge in [-0.25, -0.2) is 9.78 Å². The lowest BCUT2D eigenvalue weighted by Crippen LogP contribution is -2.34. The van der Waals surface area contributed by atoms with Crippen LogP contribution in [-0.4, -0.2) is 16.9 Å². The summed E-state index contributed by atoms with van der Waals surface area (Å²) in [7, 11) is 0. The summed E-state index contributed by atoms with van der Waals surface area (Å²) in [4.78, 5) is 28.3. The van der Waals surface area contributed by atoms with Crippen molar-refractivity contribution in [3.63, 3.8) is 0 Å². The molecule has 2 N–H and O–H groups in total. The highest BCUT2D eigenvalue weighted by Gasteiger charge is 2.17. The molecule has 3 rings (SSSR count). The van der Waals surface area contributed by atoms with Crippen LogP contribution in [-0.2, 0) is 0 Å². The predicted octanol–water partition coefficient (Wildman–Crippen LogP) is 5.80. The van der Waals surface area contributed by atoms with Gasteiger partial charge in [-0.05, 0) is 30.3 Å². The number of nitrogens with one attached hydrogen (secondary N) is 2. The number of imide groups is 1. The Balaban J connectivity index is 1.61. The Hall–Kier alpha value is -2.80. The van der Waals surface area contributed by atoms with Crippen LogP contribution in [0, 0.1) is 0 Å². The van der Waals surface area contributed by atoms with Crippen LogP contribution in [0.4, 0.5) is 10.5 Å². The Morgan fingerprint density at radius 2 is 1.54 bits per heavy atom. The number of pyridine rings is 1. The first-order chi connectivity index (χ1) is 13.4. The number of carbonyl (C=O) groups is 2. The molecule has 0 aliphatic heterocycles. The molecule has 28 heavy (non-hydrogen) atoms. The minimum atomic E-state index is -0.762. The molecular weight excluding hydrogens is 425 g/mol. The van der Waals surface area contributed by atoms with E-state index in [0.29, 0.717) is 16.5 Å². The zero-order valence-electron chi connectivity index (χ0n) is 14.1. The van der Waals surface area contributed by atoms with E-state index in [-0.39, 0.29) is 21.5 Å². The molecule has 2 aromatic carbocycles. The number of nitrogens with zero attached hydrogens (tertiary/aromatic N) is 1. The van der Waals surface area contributed by atoms with Crippen molar-refractivity contribution >= 4 is 52.4 Å². The number of aromatic nitrogens is 1. The SMILES string of the molecule is O=C(NC(=O)c1c(Cl)cccc1Cl)Nc1ccc(Oc2ccccc2Cl)nc1. The van der Waals surface area contributed by atoms with Crippen LogP contribution in [0.25, 0.3) is 0 Å². The summed E-state index contributed by atoms with van der Waals surface area (Å²) < 4.78 is 5.56. The first-order valence-electron chi connectivity index (χ1n) is 7.89. The number of carbonyl (C=O) groups excluding carboxylic acids is 2. The monoisotopic (exact) mass is 435 g/mol. The molecule has 0 unspecified atom stereocenters. The summed E-state index contributed by atoms with van der Waals surface area (Å²) in [6.07, 6.45) is 1.37. The molecule has 9 heteroatoms. The summed E-state index contributed by atoms with van der Waals surface area (Å²) in [5.41, 5.74) is 0.365. The molecule has 0 aliphatic carbocycles. The van der Waals surface area contributed by atoms with Crippen LogP contribution in [0.2, 0.25) is 15.1 Å². The molecule has 0 bridgehead atoms. The van der Waals surface area contributed by atoms with E-state index in [1.165, 1.54) is 18.3 Å². The molecule has 3 aromatic rings. The summed E-state index contributed by atoms with van der Waals surface area (Å²) in [6, 6.07) is 13.9. The third-order valence-electron chi connectivity index (χ3n) is 3.46. The molecule has 1 aromatic heterocycles. The molecule has 142 valence electrons. The lowest BCUT2D eigenvalue weighted by molar-refractivity contribution is 0.0967. The van der Waals surface area contributed by atoms with Crippen molar-refractivity contribution in [2.75, 3.05) is 5.32 Å². The summed E-state index contributed by atoms with van der Waals surface area (Å²) >= 11 is 17.9. The highest BCUT2D eigenvalue weighted by molar-refractivity contribution is 6.40. The van der Waals surface area contributed by atoms with Gasteiger partial charge in [0.2, 0.25) is 5.88 Å². The number of ether oxygens (including phenoxy) is 1. The van der Waals surface area contributed by atoms with E-state index in [1.807, 2.05) is 0 Å². The fourth-order valence-corrected chi connectivity index (χ4v) is 2.94. The molecule has 0 spiro atoms. The third kappa shape index (κ3) is 4.92.